The van der Waals surface area contributed by atoms with Gasteiger partial charge in [0.05, 0.1) is 36.5 Å². The third-order valence-corrected chi connectivity index (χ3v) is 5.93. The number of allylic oxidation sites excluding steroid dienone is 1. The number of amides is 1. The fraction of sp³-hybridized carbons (Fsp3) is 0.208. The molecule has 2 aromatic heterocycles. The normalized spacial score (nSPS) is 21.9. The van der Waals surface area contributed by atoms with Crippen LogP contribution in [0.15, 0.2) is 84.0 Å². The summed E-state index contributed by atoms with van der Waals surface area (Å²) in [5.74, 6) is 1.04. The third kappa shape index (κ3) is 4.00. The minimum absolute atomic E-state index is 0.0654. The van der Waals surface area contributed by atoms with Crippen molar-refractivity contribution >= 4 is 24.0 Å². The molecular weight excluding hydrogens is 416 g/mol. The number of nitrogens with one attached hydrogen (secondary N) is 3. The Hall–Kier alpha value is -4.27. The van der Waals surface area contributed by atoms with Crippen LogP contribution in [-0.2, 0) is 0 Å². The molecule has 0 radical (unpaired) electrons. The fourth-order valence-electron chi connectivity index (χ4n) is 3.97. The number of aromatic nitrogens is 4. The molecule has 0 bridgehead atoms. The van der Waals surface area contributed by atoms with Gasteiger partial charge in [0.1, 0.15) is 11.5 Å². The maximum Gasteiger partial charge on any atom is 0.273 e. The van der Waals surface area contributed by atoms with Gasteiger partial charge < -0.3 is 20.5 Å². The summed E-state index contributed by atoms with van der Waals surface area (Å²) in [6.07, 6.45) is 12.4. The molecule has 0 saturated carbocycles. The number of hydrogen-bond acceptors (Lipinski definition) is 7. The van der Waals surface area contributed by atoms with Crippen molar-refractivity contribution in [3.63, 3.8) is 0 Å². The summed E-state index contributed by atoms with van der Waals surface area (Å²) in [7, 11) is 0. The number of aliphatic imine (C=N–C) groups is 1. The van der Waals surface area contributed by atoms with E-state index in [1.54, 1.807) is 12.5 Å². The maximum absolute atomic E-state index is 12.3. The van der Waals surface area contributed by atoms with Gasteiger partial charge in [-0.15, -0.1) is 0 Å². The Balaban J connectivity index is 1.31. The summed E-state index contributed by atoms with van der Waals surface area (Å²) in [5, 5.41) is 6.26. The molecule has 2 aliphatic rings. The average Bonchev–Trinajstić information content (AvgIpc) is 3.48. The van der Waals surface area contributed by atoms with Crippen LogP contribution < -0.4 is 15.5 Å². The quantitative estimate of drug-likeness (QED) is 0.543. The maximum atomic E-state index is 12.3. The number of hydrogen-bond donors (Lipinski definition) is 3. The lowest BCUT2D eigenvalue weighted by Crippen LogP contribution is -2.49. The molecule has 1 aromatic carbocycles. The second kappa shape index (κ2) is 8.34. The predicted molar refractivity (Wildman–Crippen MR) is 127 cm³/mol. The van der Waals surface area contributed by atoms with Crippen LogP contribution in [0.3, 0.4) is 0 Å². The lowest BCUT2D eigenvalue weighted by Gasteiger charge is -2.37. The number of imidazole rings is 1. The topological polar surface area (TPSA) is 111 Å². The first-order valence-electron chi connectivity index (χ1n) is 10.7. The molecule has 3 heterocycles. The molecular formula is C24H24N8O. The number of anilines is 2. The molecule has 3 atom stereocenters. The van der Waals surface area contributed by atoms with Gasteiger partial charge in [-0.1, -0.05) is 36.4 Å². The van der Waals surface area contributed by atoms with E-state index in [4.69, 9.17) is 4.98 Å². The summed E-state index contributed by atoms with van der Waals surface area (Å²) in [4.78, 5) is 34.8. The van der Waals surface area contributed by atoms with Crippen LogP contribution in [0.25, 0.3) is 0 Å². The van der Waals surface area contributed by atoms with E-state index in [1.807, 2.05) is 47.4 Å². The minimum atomic E-state index is -0.446. The first kappa shape index (κ1) is 20.6. The minimum Gasteiger partial charge on any atom is -0.348 e. The van der Waals surface area contributed by atoms with Gasteiger partial charge in [0.15, 0.2) is 0 Å². The Morgan fingerprint density at radius 2 is 2.09 bits per heavy atom. The molecule has 3 N–H and O–H groups in total. The zero-order valence-corrected chi connectivity index (χ0v) is 18.3. The average molecular weight is 441 g/mol. The third-order valence-electron chi connectivity index (χ3n) is 5.93. The van der Waals surface area contributed by atoms with E-state index in [-0.39, 0.29) is 18.0 Å². The van der Waals surface area contributed by atoms with Crippen LogP contribution in [0.1, 0.15) is 35.9 Å². The molecule has 5 rings (SSSR count). The van der Waals surface area contributed by atoms with Crippen molar-refractivity contribution in [3.05, 3.63) is 90.3 Å². The van der Waals surface area contributed by atoms with E-state index >= 15 is 0 Å². The van der Waals surface area contributed by atoms with Gasteiger partial charge in [0.2, 0.25) is 5.95 Å². The largest absolute Gasteiger partial charge is 0.348 e. The van der Waals surface area contributed by atoms with Crippen molar-refractivity contribution in [2.24, 2.45) is 4.99 Å². The summed E-state index contributed by atoms with van der Waals surface area (Å²) in [6.45, 7) is 4.17. The van der Waals surface area contributed by atoms with Crippen molar-refractivity contribution in [1.82, 2.24) is 25.3 Å². The van der Waals surface area contributed by atoms with E-state index in [0.29, 0.717) is 17.3 Å². The van der Waals surface area contributed by atoms with Gasteiger partial charge >= 0.3 is 0 Å². The molecule has 0 saturated heterocycles. The zero-order chi connectivity index (χ0) is 22.8. The summed E-state index contributed by atoms with van der Waals surface area (Å²) in [5.41, 5.74) is 1.81. The smallest absolute Gasteiger partial charge is 0.273 e. The van der Waals surface area contributed by atoms with Gasteiger partial charge in [-0.3, -0.25) is 9.79 Å². The fourth-order valence-corrected chi connectivity index (χ4v) is 3.97. The molecule has 166 valence electrons. The van der Waals surface area contributed by atoms with Crippen molar-refractivity contribution in [2.45, 2.75) is 31.5 Å². The van der Waals surface area contributed by atoms with Gasteiger partial charge in [0.25, 0.3) is 5.91 Å². The molecule has 9 heteroatoms. The molecule has 33 heavy (non-hydrogen) atoms. The van der Waals surface area contributed by atoms with Gasteiger partial charge in [0, 0.05) is 11.9 Å². The second-order valence-corrected chi connectivity index (χ2v) is 8.20. The van der Waals surface area contributed by atoms with Gasteiger partial charge in [-0.2, -0.15) is 4.98 Å². The first-order valence-corrected chi connectivity index (χ1v) is 10.7. The highest BCUT2D eigenvalue weighted by Gasteiger charge is 2.43. The molecule has 0 spiro atoms. The molecule has 1 aliphatic carbocycles. The number of H-pyrrole nitrogens is 1. The van der Waals surface area contributed by atoms with E-state index in [2.05, 4.69) is 56.6 Å². The van der Waals surface area contributed by atoms with Crippen molar-refractivity contribution in [1.29, 1.82) is 0 Å². The Bertz CT molecular complexity index is 1230. The Morgan fingerprint density at radius 3 is 2.88 bits per heavy atom. The monoisotopic (exact) mass is 440 g/mol. The van der Waals surface area contributed by atoms with Gasteiger partial charge in [-0.05, 0) is 37.6 Å². The highest BCUT2D eigenvalue weighted by atomic mass is 16.1. The standard InChI is InChI=1S/C24H24N8O/c1-16(17-6-4-3-5-7-17)29-23-26-11-9-21(31-23)32-15-28-20-12-18(8-10-24(20,32)2)30-22(33)19-13-25-14-27-19/h3-16,20H,1-2H3,(H,25,27)(H,30,33)(H,26,29,31)/t16-,20?,24?/m0/s1. The van der Waals surface area contributed by atoms with Crippen LogP contribution in [0, 0.1) is 0 Å². The number of aromatic amines is 1. The lowest BCUT2D eigenvalue weighted by atomic mass is 9.87. The SMILES string of the molecule is C[C@H](Nc1nccc(N2C=NC3C=C(NC(=O)c4cnc[nH]4)C=CC32C)n1)c1ccccc1. The van der Waals surface area contributed by atoms with Crippen molar-refractivity contribution < 1.29 is 4.79 Å². The van der Waals surface area contributed by atoms with Crippen molar-refractivity contribution in [3.8, 4) is 0 Å². The van der Waals surface area contributed by atoms with Crippen LogP contribution in [-0.4, -0.2) is 43.8 Å². The van der Waals surface area contributed by atoms with Gasteiger partial charge in [-0.25, -0.2) is 9.97 Å². The Kier molecular flexibility index (Phi) is 5.21. The number of rotatable bonds is 6. The molecule has 2 unspecified atom stereocenters. The summed E-state index contributed by atoms with van der Waals surface area (Å²) >= 11 is 0. The Labute approximate surface area is 191 Å². The van der Waals surface area contributed by atoms with Crippen LogP contribution in [0.2, 0.25) is 0 Å². The molecule has 3 aromatic rings. The van der Waals surface area contributed by atoms with E-state index in [9.17, 15) is 4.79 Å². The van der Waals surface area contributed by atoms with Crippen LogP contribution in [0.4, 0.5) is 11.8 Å². The van der Waals surface area contributed by atoms with E-state index < -0.39 is 5.54 Å². The number of benzene rings is 1. The second-order valence-electron chi connectivity index (χ2n) is 8.20. The van der Waals surface area contributed by atoms with E-state index in [1.165, 1.54) is 12.5 Å². The number of carbonyl (C=O) groups excluding carboxylic acids is 1. The molecule has 1 amide bonds. The first-order chi connectivity index (χ1) is 16.0. The number of fused-ring (bicyclic) bond motifs is 1. The number of carbonyl (C=O) groups is 1. The van der Waals surface area contributed by atoms with E-state index in [0.717, 1.165) is 11.4 Å². The zero-order valence-electron chi connectivity index (χ0n) is 18.3. The molecule has 1 aliphatic heterocycles. The lowest BCUT2D eigenvalue weighted by molar-refractivity contribution is 0.0962. The molecule has 9 nitrogen and oxygen atoms in total. The highest BCUT2D eigenvalue weighted by Crippen LogP contribution is 2.35. The number of nitrogens with zero attached hydrogens (tertiary/aromatic N) is 5. The Morgan fingerprint density at radius 1 is 1.24 bits per heavy atom. The highest BCUT2D eigenvalue weighted by molar-refractivity contribution is 5.93. The van der Waals surface area contributed by atoms with Crippen LogP contribution in [0.5, 0.6) is 0 Å². The predicted octanol–water partition coefficient (Wildman–Crippen LogP) is 3.23. The summed E-state index contributed by atoms with van der Waals surface area (Å²) < 4.78 is 0. The van der Waals surface area contributed by atoms with Crippen LogP contribution >= 0.6 is 0 Å². The van der Waals surface area contributed by atoms with Crippen molar-refractivity contribution in [2.75, 3.05) is 10.2 Å². The summed E-state index contributed by atoms with van der Waals surface area (Å²) in [6, 6.07) is 11.9. The molecule has 0 fully saturated rings.